The van der Waals surface area contributed by atoms with Crippen LogP contribution in [0.2, 0.25) is 0 Å². The van der Waals surface area contributed by atoms with E-state index in [4.69, 9.17) is 4.74 Å². The number of hydrogen-bond acceptors (Lipinski definition) is 5. The van der Waals surface area contributed by atoms with Crippen LogP contribution in [0.3, 0.4) is 0 Å². The minimum absolute atomic E-state index is 0.0894. The Hall–Kier alpha value is -3.24. The summed E-state index contributed by atoms with van der Waals surface area (Å²) in [5, 5.41) is 2.88. The van der Waals surface area contributed by atoms with E-state index in [1.165, 1.54) is 37.4 Å². The maximum Gasteiger partial charge on any atom is 0.252 e. The van der Waals surface area contributed by atoms with Gasteiger partial charge in [0.2, 0.25) is 10.0 Å². The lowest BCUT2D eigenvalue weighted by Crippen LogP contribution is -2.31. The molecule has 1 saturated carbocycles. The molecule has 0 bridgehead atoms. The molecule has 0 radical (unpaired) electrons. The van der Waals surface area contributed by atoms with Gasteiger partial charge < -0.3 is 14.6 Å². The third kappa shape index (κ3) is 4.66. The Morgan fingerprint density at radius 2 is 1.94 bits per heavy atom. The highest BCUT2D eigenvalue weighted by Gasteiger charge is 2.31. The first-order valence-electron chi connectivity index (χ1n) is 10.0. The summed E-state index contributed by atoms with van der Waals surface area (Å²) in [7, 11) is -0.688. The van der Waals surface area contributed by atoms with Crippen molar-refractivity contribution >= 4 is 15.9 Å². The van der Waals surface area contributed by atoms with Crippen LogP contribution in [-0.4, -0.2) is 37.0 Å². The lowest BCUT2D eigenvalue weighted by molar-refractivity contribution is 0.0941. The molecule has 1 aliphatic carbocycles. The number of carbonyl (C=O) groups is 1. The van der Waals surface area contributed by atoms with Crippen molar-refractivity contribution in [2.75, 3.05) is 7.11 Å². The third-order valence-electron chi connectivity index (χ3n) is 5.21. The average Bonchev–Trinajstić information content (AvgIpc) is 3.48. The normalized spacial score (nSPS) is 14.7. The second-order valence-electron chi connectivity index (χ2n) is 7.62. The van der Waals surface area contributed by atoms with Gasteiger partial charge in [-0.15, -0.1) is 0 Å². The van der Waals surface area contributed by atoms with E-state index in [1.54, 1.807) is 36.1 Å². The Bertz CT molecular complexity index is 1240. The molecule has 0 aliphatic heterocycles. The summed E-state index contributed by atoms with van der Waals surface area (Å²) in [5.74, 6) is -0.213. The fraction of sp³-hybridized carbons (Fsp3) is 0.273. The molecule has 0 spiro atoms. The van der Waals surface area contributed by atoms with Gasteiger partial charge in [-0.2, -0.15) is 0 Å². The summed E-state index contributed by atoms with van der Waals surface area (Å²) in [6, 6.07) is 9.21. The number of aromatic nitrogens is 2. The molecule has 4 rings (SSSR count). The van der Waals surface area contributed by atoms with E-state index >= 15 is 0 Å². The van der Waals surface area contributed by atoms with Crippen molar-refractivity contribution in [3.8, 4) is 5.75 Å². The smallest absolute Gasteiger partial charge is 0.252 e. The van der Waals surface area contributed by atoms with Crippen LogP contribution in [0, 0.1) is 5.82 Å². The Morgan fingerprint density at radius 3 is 2.53 bits per heavy atom. The summed E-state index contributed by atoms with van der Waals surface area (Å²) in [4.78, 5) is 17.3. The SMILES string of the molecule is COc1ccc(C(=O)NC(c2ccc(F)cc2)c2nccn2C)cc1S(=O)(=O)NC1CC1. The number of ether oxygens (including phenoxy) is 1. The van der Waals surface area contributed by atoms with Crippen LogP contribution in [-0.2, 0) is 17.1 Å². The number of carbonyl (C=O) groups excluding carboxylic acids is 1. The van der Waals surface area contributed by atoms with E-state index in [1.807, 2.05) is 0 Å². The van der Waals surface area contributed by atoms with Crippen molar-refractivity contribution in [1.82, 2.24) is 19.6 Å². The molecule has 0 saturated heterocycles. The van der Waals surface area contributed by atoms with Crippen LogP contribution in [0.25, 0.3) is 0 Å². The van der Waals surface area contributed by atoms with Crippen molar-refractivity contribution in [2.24, 2.45) is 7.05 Å². The minimum Gasteiger partial charge on any atom is -0.495 e. The molecule has 3 aromatic rings. The van der Waals surface area contributed by atoms with Crippen LogP contribution in [0.5, 0.6) is 5.75 Å². The highest BCUT2D eigenvalue weighted by atomic mass is 32.2. The topological polar surface area (TPSA) is 102 Å². The van der Waals surface area contributed by atoms with Crippen molar-refractivity contribution in [1.29, 1.82) is 0 Å². The summed E-state index contributed by atoms with van der Waals surface area (Å²) in [6.45, 7) is 0. The fourth-order valence-electron chi connectivity index (χ4n) is 3.33. The highest BCUT2D eigenvalue weighted by Crippen LogP contribution is 2.29. The third-order valence-corrected chi connectivity index (χ3v) is 6.75. The van der Waals surface area contributed by atoms with Gasteiger partial charge in [-0.05, 0) is 48.7 Å². The van der Waals surface area contributed by atoms with E-state index in [0.717, 1.165) is 12.8 Å². The van der Waals surface area contributed by atoms with Gasteiger partial charge in [0.15, 0.2) is 0 Å². The van der Waals surface area contributed by atoms with Crippen molar-refractivity contribution < 1.29 is 22.3 Å². The molecule has 1 heterocycles. The van der Waals surface area contributed by atoms with E-state index in [-0.39, 0.29) is 22.3 Å². The zero-order valence-electron chi connectivity index (χ0n) is 17.6. The number of aryl methyl sites for hydroxylation is 1. The molecule has 10 heteroatoms. The number of nitrogens with zero attached hydrogens (tertiary/aromatic N) is 2. The van der Waals surface area contributed by atoms with Gasteiger partial charge in [0.25, 0.3) is 5.91 Å². The molecular weight excluding hydrogens is 435 g/mol. The van der Waals surface area contributed by atoms with Gasteiger partial charge in [-0.25, -0.2) is 22.5 Å². The molecule has 1 atom stereocenters. The zero-order chi connectivity index (χ0) is 22.9. The minimum atomic E-state index is -3.84. The summed E-state index contributed by atoms with van der Waals surface area (Å²) >= 11 is 0. The van der Waals surface area contributed by atoms with Gasteiger partial charge in [0.05, 0.1) is 7.11 Å². The number of rotatable bonds is 8. The maximum atomic E-state index is 13.4. The van der Waals surface area contributed by atoms with Gasteiger partial charge in [-0.3, -0.25) is 4.79 Å². The van der Waals surface area contributed by atoms with E-state index in [9.17, 15) is 17.6 Å². The Morgan fingerprint density at radius 1 is 1.22 bits per heavy atom. The average molecular weight is 459 g/mol. The first-order valence-corrected chi connectivity index (χ1v) is 11.5. The summed E-state index contributed by atoms with van der Waals surface area (Å²) < 4.78 is 48.5. The molecule has 1 aromatic heterocycles. The second-order valence-corrected chi connectivity index (χ2v) is 9.30. The van der Waals surface area contributed by atoms with Gasteiger partial charge in [0.1, 0.15) is 28.3 Å². The van der Waals surface area contributed by atoms with Crippen molar-refractivity contribution in [3.05, 3.63) is 77.6 Å². The van der Waals surface area contributed by atoms with Crippen LogP contribution in [0.1, 0.15) is 40.6 Å². The number of amides is 1. The molecular formula is C22H23FN4O4S. The number of benzene rings is 2. The Balaban J connectivity index is 1.67. The zero-order valence-corrected chi connectivity index (χ0v) is 18.4. The first kappa shape index (κ1) is 22.0. The largest absolute Gasteiger partial charge is 0.495 e. The van der Waals surface area contributed by atoms with E-state index in [2.05, 4.69) is 15.0 Å². The lowest BCUT2D eigenvalue weighted by atomic mass is 10.1. The lowest BCUT2D eigenvalue weighted by Gasteiger charge is -2.20. The molecule has 2 aromatic carbocycles. The second kappa shape index (κ2) is 8.71. The number of sulfonamides is 1. The van der Waals surface area contributed by atoms with Gasteiger partial charge in [-0.1, -0.05) is 12.1 Å². The quantitative estimate of drug-likeness (QED) is 0.540. The van der Waals surface area contributed by atoms with Crippen LogP contribution < -0.4 is 14.8 Å². The Kier molecular flexibility index (Phi) is 5.98. The van der Waals surface area contributed by atoms with Crippen LogP contribution in [0.15, 0.2) is 59.8 Å². The number of imidazole rings is 1. The molecule has 2 N–H and O–H groups in total. The molecule has 8 nitrogen and oxygen atoms in total. The van der Waals surface area contributed by atoms with Crippen molar-refractivity contribution in [2.45, 2.75) is 29.8 Å². The predicted octanol–water partition coefficient (Wildman–Crippen LogP) is 2.53. The van der Waals surface area contributed by atoms with Crippen LogP contribution >= 0.6 is 0 Å². The Labute approximate surface area is 185 Å². The molecule has 1 aliphatic rings. The predicted molar refractivity (Wildman–Crippen MR) is 115 cm³/mol. The summed E-state index contributed by atoms with van der Waals surface area (Å²) in [5.41, 5.74) is 0.772. The molecule has 1 fully saturated rings. The standard InChI is InChI=1S/C22H23FN4O4S/c1-27-12-11-24-21(27)20(14-3-6-16(23)7-4-14)25-22(28)15-5-10-18(31-2)19(13-15)32(29,30)26-17-8-9-17/h3-7,10-13,17,20,26H,8-9H2,1-2H3,(H,25,28). The number of halogens is 1. The van der Waals surface area contributed by atoms with Gasteiger partial charge >= 0.3 is 0 Å². The first-order chi connectivity index (χ1) is 15.3. The summed E-state index contributed by atoms with van der Waals surface area (Å²) in [6.07, 6.45) is 4.90. The molecule has 1 unspecified atom stereocenters. The fourth-order valence-corrected chi connectivity index (χ4v) is 4.83. The molecule has 32 heavy (non-hydrogen) atoms. The van der Waals surface area contributed by atoms with Crippen LogP contribution in [0.4, 0.5) is 4.39 Å². The number of hydrogen-bond donors (Lipinski definition) is 2. The van der Waals surface area contributed by atoms with E-state index < -0.39 is 27.8 Å². The molecule has 1 amide bonds. The van der Waals surface area contributed by atoms with Gasteiger partial charge in [0, 0.05) is 31.0 Å². The number of nitrogens with one attached hydrogen (secondary N) is 2. The number of methoxy groups -OCH3 is 1. The van der Waals surface area contributed by atoms with E-state index in [0.29, 0.717) is 11.4 Å². The highest BCUT2D eigenvalue weighted by molar-refractivity contribution is 7.89. The van der Waals surface area contributed by atoms with Crippen molar-refractivity contribution in [3.63, 3.8) is 0 Å². The monoisotopic (exact) mass is 458 g/mol. The maximum absolute atomic E-state index is 13.4. The molecule has 168 valence electrons.